The molecule has 0 radical (unpaired) electrons. The number of aromatic amines is 1. The van der Waals surface area contributed by atoms with Crippen LogP contribution in [0.4, 0.5) is 13.2 Å². The Labute approximate surface area is 79.2 Å². The zero-order valence-corrected chi connectivity index (χ0v) is 7.73. The maximum absolute atomic E-state index is 11.9. The third-order valence-corrected chi connectivity index (χ3v) is 1.63. The van der Waals surface area contributed by atoms with Crippen LogP contribution in [0.25, 0.3) is 12.2 Å². The van der Waals surface area contributed by atoms with Crippen LogP contribution in [0, 0.1) is 0 Å². The second kappa shape index (κ2) is 4.30. The van der Waals surface area contributed by atoms with Crippen molar-refractivity contribution in [3.8, 4) is 0 Å². The maximum Gasteiger partial charge on any atom is 0.392 e. The first-order valence-corrected chi connectivity index (χ1v) is 4.29. The molecule has 2 nitrogen and oxygen atoms in total. The highest BCUT2D eigenvalue weighted by atomic mass is 19.4. The number of alkyl halides is 3. The third-order valence-electron chi connectivity index (χ3n) is 1.63. The Hall–Kier alpha value is -1.26. The van der Waals surface area contributed by atoms with E-state index in [2.05, 4.69) is 9.97 Å². The standard InChI is InChI=1S/C9H11F3N2/c1-2-3-7-8(14-6-13-7)4-5-9(10,11)12/h3-4,6H,2,5H2,1H3,(H,13,14)/b7-3+,8-4+. The van der Waals surface area contributed by atoms with E-state index in [1.807, 2.05) is 6.92 Å². The molecule has 0 saturated carbocycles. The number of rotatable bonds is 2. The molecule has 0 unspecified atom stereocenters. The molecule has 78 valence electrons. The zero-order valence-electron chi connectivity index (χ0n) is 7.73. The highest BCUT2D eigenvalue weighted by molar-refractivity contribution is 5.25. The van der Waals surface area contributed by atoms with Gasteiger partial charge in [-0.25, -0.2) is 4.98 Å². The quantitative estimate of drug-likeness (QED) is 0.773. The van der Waals surface area contributed by atoms with Crippen molar-refractivity contribution in [2.24, 2.45) is 0 Å². The number of H-pyrrole nitrogens is 1. The second-order valence-electron chi connectivity index (χ2n) is 2.84. The van der Waals surface area contributed by atoms with Gasteiger partial charge in [0, 0.05) is 0 Å². The molecule has 1 aromatic rings. The van der Waals surface area contributed by atoms with Crippen LogP contribution in [-0.2, 0) is 0 Å². The molecule has 1 N–H and O–H groups in total. The van der Waals surface area contributed by atoms with Gasteiger partial charge in [0.05, 0.1) is 23.4 Å². The lowest BCUT2D eigenvalue weighted by Crippen LogP contribution is -2.25. The predicted octanol–water partition coefficient (Wildman–Crippen LogP) is 1.33. The molecule has 1 heterocycles. The topological polar surface area (TPSA) is 28.7 Å². The summed E-state index contributed by atoms with van der Waals surface area (Å²) in [6.45, 7) is 1.91. The molecule has 1 aromatic heterocycles. The van der Waals surface area contributed by atoms with Gasteiger partial charge in [-0.3, -0.25) is 0 Å². The van der Waals surface area contributed by atoms with E-state index < -0.39 is 12.6 Å². The minimum absolute atomic E-state index is 0.365. The van der Waals surface area contributed by atoms with E-state index >= 15 is 0 Å². The first-order valence-electron chi connectivity index (χ1n) is 4.29. The van der Waals surface area contributed by atoms with Gasteiger partial charge in [-0.1, -0.05) is 13.0 Å². The molecular weight excluding hydrogens is 193 g/mol. The first-order chi connectivity index (χ1) is 6.53. The molecule has 0 aliphatic carbocycles. The minimum Gasteiger partial charge on any atom is -0.345 e. The van der Waals surface area contributed by atoms with E-state index in [9.17, 15) is 13.2 Å². The van der Waals surface area contributed by atoms with Gasteiger partial charge in [0.2, 0.25) is 0 Å². The van der Waals surface area contributed by atoms with E-state index in [0.717, 1.165) is 12.5 Å². The van der Waals surface area contributed by atoms with Gasteiger partial charge < -0.3 is 4.98 Å². The first kappa shape index (κ1) is 10.8. The molecule has 0 atom stereocenters. The summed E-state index contributed by atoms with van der Waals surface area (Å²) in [4.78, 5) is 6.57. The van der Waals surface area contributed by atoms with Crippen LogP contribution in [0.15, 0.2) is 6.33 Å². The van der Waals surface area contributed by atoms with Crippen molar-refractivity contribution in [2.45, 2.75) is 25.9 Å². The van der Waals surface area contributed by atoms with Crippen molar-refractivity contribution >= 4 is 12.2 Å². The van der Waals surface area contributed by atoms with Crippen molar-refractivity contribution in [1.29, 1.82) is 0 Å². The van der Waals surface area contributed by atoms with Gasteiger partial charge in [-0.05, 0) is 12.5 Å². The third kappa shape index (κ3) is 3.24. The van der Waals surface area contributed by atoms with Crippen molar-refractivity contribution < 1.29 is 13.2 Å². The Kier molecular flexibility index (Phi) is 3.33. The Bertz CT molecular complexity index is 389. The molecule has 0 spiro atoms. The molecule has 0 saturated heterocycles. The van der Waals surface area contributed by atoms with Crippen molar-refractivity contribution in [3.05, 3.63) is 17.0 Å². The molecule has 0 aliphatic rings. The predicted molar refractivity (Wildman–Crippen MR) is 47.7 cm³/mol. The highest BCUT2D eigenvalue weighted by Crippen LogP contribution is 2.19. The van der Waals surface area contributed by atoms with Gasteiger partial charge in [-0.2, -0.15) is 13.2 Å². The summed E-state index contributed by atoms with van der Waals surface area (Å²) in [6, 6.07) is 0. The minimum atomic E-state index is -4.16. The monoisotopic (exact) mass is 204 g/mol. The number of nitrogens with one attached hydrogen (secondary N) is 1. The number of hydrogen-bond donors (Lipinski definition) is 1. The summed E-state index contributed by atoms with van der Waals surface area (Å²) >= 11 is 0. The van der Waals surface area contributed by atoms with Gasteiger partial charge in [0.25, 0.3) is 0 Å². The molecule has 0 aliphatic heterocycles. The number of nitrogens with zero attached hydrogens (tertiary/aromatic N) is 1. The van der Waals surface area contributed by atoms with Crippen LogP contribution in [0.2, 0.25) is 0 Å². The fraction of sp³-hybridized carbons (Fsp3) is 0.444. The normalized spacial score (nSPS) is 15.1. The van der Waals surface area contributed by atoms with Crippen LogP contribution < -0.4 is 10.7 Å². The smallest absolute Gasteiger partial charge is 0.345 e. The van der Waals surface area contributed by atoms with E-state index in [4.69, 9.17) is 0 Å². The highest BCUT2D eigenvalue weighted by Gasteiger charge is 2.24. The van der Waals surface area contributed by atoms with Crippen LogP contribution in [-0.4, -0.2) is 16.1 Å². The summed E-state index contributed by atoms with van der Waals surface area (Å²) in [5.41, 5.74) is 0. The van der Waals surface area contributed by atoms with Crippen LogP contribution in [0.5, 0.6) is 0 Å². The summed E-state index contributed by atoms with van der Waals surface area (Å²) < 4.78 is 35.7. The van der Waals surface area contributed by atoms with Crippen molar-refractivity contribution in [2.75, 3.05) is 0 Å². The van der Waals surface area contributed by atoms with E-state index in [1.54, 1.807) is 6.08 Å². The molecule has 0 aromatic carbocycles. The Morgan fingerprint density at radius 1 is 1.43 bits per heavy atom. The number of imidazole rings is 1. The number of hydrogen-bond acceptors (Lipinski definition) is 1. The van der Waals surface area contributed by atoms with Gasteiger partial charge in [0.15, 0.2) is 0 Å². The summed E-state index contributed by atoms with van der Waals surface area (Å²) in [7, 11) is 0. The molecule has 0 fully saturated rings. The molecule has 14 heavy (non-hydrogen) atoms. The molecular formula is C9H11F3N2. The van der Waals surface area contributed by atoms with Crippen molar-refractivity contribution in [1.82, 2.24) is 9.97 Å². The molecule has 5 heteroatoms. The summed E-state index contributed by atoms with van der Waals surface area (Å²) in [5.74, 6) is 0. The Morgan fingerprint density at radius 2 is 2.14 bits per heavy atom. The number of aromatic nitrogens is 2. The second-order valence-corrected chi connectivity index (χ2v) is 2.84. The fourth-order valence-electron chi connectivity index (χ4n) is 1.06. The molecule has 1 rings (SSSR count). The van der Waals surface area contributed by atoms with Gasteiger partial charge in [-0.15, -0.1) is 0 Å². The van der Waals surface area contributed by atoms with Crippen LogP contribution in [0.1, 0.15) is 19.8 Å². The average Bonchev–Trinajstić information content (AvgIpc) is 2.48. The van der Waals surface area contributed by atoms with E-state index in [1.165, 1.54) is 6.33 Å². The maximum atomic E-state index is 11.9. The van der Waals surface area contributed by atoms with Crippen LogP contribution >= 0.6 is 0 Å². The summed E-state index contributed by atoms with van der Waals surface area (Å²) in [5, 5.41) is 1.01. The Balaban J connectivity index is 2.96. The lowest BCUT2D eigenvalue weighted by atomic mass is 10.3. The SMILES string of the molecule is CC/C=c1/[nH]cn/c1=C/CC(F)(F)F. The Morgan fingerprint density at radius 3 is 2.71 bits per heavy atom. The molecule has 0 amide bonds. The summed E-state index contributed by atoms with van der Waals surface area (Å²) in [6.07, 6.45) is -0.0726. The molecule has 0 bridgehead atoms. The van der Waals surface area contributed by atoms with Crippen molar-refractivity contribution in [3.63, 3.8) is 0 Å². The fourth-order valence-corrected chi connectivity index (χ4v) is 1.06. The van der Waals surface area contributed by atoms with E-state index in [0.29, 0.717) is 10.7 Å². The van der Waals surface area contributed by atoms with Gasteiger partial charge >= 0.3 is 6.18 Å². The lowest BCUT2D eigenvalue weighted by Gasteiger charge is -1.98. The zero-order chi connectivity index (χ0) is 10.6. The number of halogens is 3. The lowest BCUT2D eigenvalue weighted by molar-refractivity contribution is -0.122. The van der Waals surface area contributed by atoms with Gasteiger partial charge in [0.1, 0.15) is 0 Å². The van der Waals surface area contributed by atoms with E-state index in [-0.39, 0.29) is 0 Å². The average molecular weight is 204 g/mol. The largest absolute Gasteiger partial charge is 0.392 e. The van der Waals surface area contributed by atoms with Crippen LogP contribution in [0.3, 0.4) is 0 Å².